The summed E-state index contributed by atoms with van der Waals surface area (Å²) in [5.41, 5.74) is 1.18. The Labute approximate surface area is 225 Å². The van der Waals surface area contributed by atoms with Gasteiger partial charge in [-0.25, -0.2) is 0 Å². The Kier molecular flexibility index (Phi) is 6.56. The molecule has 4 aromatic rings. The minimum absolute atomic E-state index is 0.0490. The molecule has 0 spiro atoms. The predicted octanol–water partition coefficient (Wildman–Crippen LogP) is 3.29. The second-order valence-electron chi connectivity index (χ2n) is 9.41. The molecule has 1 saturated heterocycles. The van der Waals surface area contributed by atoms with Crippen molar-refractivity contribution >= 4 is 0 Å². The number of hydrogen-bond donors (Lipinski definition) is 1. The van der Waals surface area contributed by atoms with E-state index in [0.29, 0.717) is 0 Å². The first-order chi connectivity index (χ1) is 19.0. The third-order valence-electron chi connectivity index (χ3n) is 7.27. The van der Waals surface area contributed by atoms with Gasteiger partial charge in [-0.2, -0.15) is 4.98 Å². The van der Waals surface area contributed by atoms with Crippen LogP contribution in [0.5, 0.6) is 17.5 Å². The van der Waals surface area contributed by atoms with Crippen molar-refractivity contribution in [2.75, 3.05) is 20.8 Å². The number of nitrogens with zero attached hydrogens (tertiary/aromatic N) is 2. The molecule has 3 heterocycles. The highest BCUT2D eigenvalue weighted by Crippen LogP contribution is 2.44. The summed E-state index contributed by atoms with van der Waals surface area (Å²) in [5, 5.41) is 11.2. The van der Waals surface area contributed by atoms with Crippen LogP contribution in [-0.4, -0.2) is 53.8 Å². The first kappa shape index (κ1) is 25.1. The number of aromatic nitrogens is 2. The van der Waals surface area contributed by atoms with Gasteiger partial charge in [0.2, 0.25) is 0 Å². The molecule has 39 heavy (non-hydrogen) atoms. The first-order valence-electron chi connectivity index (χ1n) is 12.6. The van der Waals surface area contributed by atoms with Crippen LogP contribution in [0.1, 0.15) is 22.9 Å². The monoisotopic (exact) mass is 528 g/mol. The molecule has 200 valence electrons. The molecule has 0 saturated carbocycles. The molecule has 6 rings (SSSR count). The first-order valence-corrected chi connectivity index (χ1v) is 12.6. The number of methoxy groups -OCH3 is 2. The Bertz CT molecular complexity index is 1440. The van der Waals surface area contributed by atoms with E-state index in [4.69, 9.17) is 23.7 Å². The molecule has 0 amide bonds. The number of benzene rings is 3. The summed E-state index contributed by atoms with van der Waals surface area (Å²) >= 11 is 0. The van der Waals surface area contributed by atoms with E-state index in [1.165, 1.54) is 6.07 Å². The summed E-state index contributed by atoms with van der Waals surface area (Å²) in [4.78, 5) is 15.5. The Balaban J connectivity index is 1.39. The van der Waals surface area contributed by atoms with Crippen LogP contribution >= 0.6 is 0 Å². The van der Waals surface area contributed by atoms with Gasteiger partial charge < -0.3 is 28.8 Å². The average Bonchev–Trinajstić information content (AvgIpc) is 3.49. The number of rotatable bonds is 8. The van der Waals surface area contributed by atoms with Crippen molar-refractivity contribution in [1.82, 2.24) is 9.55 Å². The summed E-state index contributed by atoms with van der Waals surface area (Å²) in [6.07, 6.45) is -1.47. The van der Waals surface area contributed by atoms with E-state index in [0.717, 1.165) is 28.2 Å². The quantitative estimate of drug-likeness (QED) is 0.348. The van der Waals surface area contributed by atoms with Crippen molar-refractivity contribution < 1.29 is 28.8 Å². The van der Waals surface area contributed by atoms with Gasteiger partial charge >= 0.3 is 6.01 Å². The zero-order valence-corrected chi connectivity index (χ0v) is 21.5. The van der Waals surface area contributed by atoms with Crippen LogP contribution in [0.3, 0.4) is 0 Å². The molecule has 4 atom stereocenters. The molecule has 0 bridgehead atoms. The van der Waals surface area contributed by atoms with Crippen molar-refractivity contribution in [1.29, 1.82) is 0 Å². The summed E-state index contributed by atoms with van der Waals surface area (Å²) < 4.78 is 31.3. The molecule has 1 N–H and O–H groups in total. The minimum atomic E-state index is -1.05. The van der Waals surface area contributed by atoms with Crippen molar-refractivity contribution in [2.45, 2.75) is 30.1 Å². The van der Waals surface area contributed by atoms with E-state index in [9.17, 15) is 9.90 Å². The molecule has 9 nitrogen and oxygen atoms in total. The highest BCUT2D eigenvalue weighted by Gasteiger charge is 2.52. The number of hydrogen-bond acceptors (Lipinski definition) is 8. The van der Waals surface area contributed by atoms with Gasteiger partial charge in [-0.05, 0) is 41.0 Å². The van der Waals surface area contributed by atoms with E-state index in [-0.39, 0.29) is 12.6 Å². The maximum absolute atomic E-state index is 11.6. The summed E-state index contributed by atoms with van der Waals surface area (Å²) in [5.74, 6) is 1.45. The van der Waals surface area contributed by atoms with Crippen molar-refractivity contribution in [3.05, 3.63) is 118 Å². The van der Waals surface area contributed by atoms with Crippen molar-refractivity contribution in [3.63, 3.8) is 0 Å². The van der Waals surface area contributed by atoms with Crippen LogP contribution in [-0.2, 0) is 15.1 Å². The van der Waals surface area contributed by atoms with Gasteiger partial charge in [0.25, 0.3) is 5.56 Å². The fourth-order valence-electron chi connectivity index (χ4n) is 5.29. The van der Waals surface area contributed by atoms with Gasteiger partial charge in [0.05, 0.1) is 20.8 Å². The Morgan fingerprint density at radius 3 is 2.05 bits per heavy atom. The van der Waals surface area contributed by atoms with Crippen LogP contribution < -0.4 is 19.8 Å². The third kappa shape index (κ3) is 4.34. The lowest BCUT2D eigenvalue weighted by molar-refractivity contribution is -0.0936. The lowest BCUT2D eigenvalue weighted by Gasteiger charge is -2.37. The smallest absolute Gasteiger partial charge is 0.302 e. The van der Waals surface area contributed by atoms with Crippen LogP contribution in [0.4, 0.5) is 0 Å². The van der Waals surface area contributed by atoms with Crippen molar-refractivity contribution in [2.24, 2.45) is 0 Å². The van der Waals surface area contributed by atoms with E-state index in [2.05, 4.69) is 4.98 Å². The number of fused-ring (bicyclic) bond motifs is 3. The van der Waals surface area contributed by atoms with Gasteiger partial charge in [0.1, 0.15) is 29.3 Å². The molecule has 3 aromatic carbocycles. The van der Waals surface area contributed by atoms with Gasteiger partial charge in [0.15, 0.2) is 12.3 Å². The van der Waals surface area contributed by atoms with Crippen LogP contribution in [0.2, 0.25) is 0 Å². The molecule has 9 heteroatoms. The second-order valence-corrected chi connectivity index (χ2v) is 9.41. The molecule has 2 aliphatic rings. The number of ether oxygens (including phenoxy) is 5. The summed E-state index contributed by atoms with van der Waals surface area (Å²) in [6.45, 7) is 0.0490. The van der Waals surface area contributed by atoms with Gasteiger partial charge in [-0.15, -0.1) is 0 Å². The van der Waals surface area contributed by atoms with Gasteiger partial charge in [0, 0.05) is 12.3 Å². The average molecular weight is 529 g/mol. The Hall–Kier alpha value is -4.18. The molecular formula is C30H28N2O7. The molecule has 2 aliphatic heterocycles. The standard InChI is InChI=1S/C30H28N2O7/c1-35-22-12-8-20(9-13-22)30(19-6-4-3-5-7-19,21-10-14-23(36-2)15-11-21)37-18-24-26(34)27-28(38-24)32-17-16-25(33)31-29(32)39-27/h3-17,24,26-28,34H,18H2,1-2H3. The lowest BCUT2D eigenvalue weighted by atomic mass is 9.80. The second kappa shape index (κ2) is 10.2. The molecule has 1 fully saturated rings. The van der Waals surface area contributed by atoms with E-state index < -0.39 is 35.7 Å². The molecular weight excluding hydrogens is 500 g/mol. The fourth-order valence-corrected chi connectivity index (χ4v) is 5.29. The fraction of sp³-hybridized carbons (Fsp3) is 0.267. The molecule has 4 unspecified atom stereocenters. The minimum Gasteiger partial charge on any atom is -0.497 e. The SMILES string of the molecule is COc1ccc(C(OCC2OC3C(Oc4nc(=O)ccn43)C2O)(c2ccccc2)c2ccc(OC)cc2)cc1. The molecule has 1 aromatic heterocycles. The van der Waals surface area contributed by atoms with Crippen molar-refractivity contribution in [3.8, 4) is 17.5 Å². The normalized spacial score (nSPS) is 21.6. The summed E-state index contributed by atoms with van der Waals surface area (Å²) in [7, 11) is 3.25. The zero-order chi connectivity index (χ0) is 27.0. The van der Waals surface area contributed by atoms with Crippen LogP contribution in [0, 0.1) is 0 Å². The number of aliphatic hydroxyl groups is 1. The Morgan fingerprint density at radius 2 is 1.46 bits per heavy atom. The van der Waals surface area contributed by atoms with E-state index in [1.807, 2.05) is 78.9 Å². The lowest BCUT2D eigenvalue weighted by Crippen LogP contribution is -2.40. The number of aliphatic hydroxyl groups excluding tert-OH is 1. The van der Waals surface area contributed by atoms with Gasteiger partial charge in [-0.3, -0.25) is 9.36 Å². The van der Waals surface area contributed by atoms with E-state index in [1.54, 1.807) is 25.0 Å². The topological polar surface area (TPSA) is 101 Å². The highest BCUT2D eigenvalue weighted by molar-refractivity contribution is 5.49. The third-order valence-corrected chi connectivity index (χ3v) is 7.27. The van der Waals surface area contributed by atoms with Crippen LogP contribution in [0.15, 0.2) is 95.9 Å². The van der Waals surface area contributed by atoms with Crippen LogP contribution in [0.25, 0.3) is 0 Å². The highest BCUT2D eigenvalue weighted by atomic mass is 16.6. The predicted molar refractivity (Wildman–Crippen MR) is 141 cm³/mol. The summed E-state index contributed by atoms with van der Waals surface area (Å²) in [6, 6.07) is 26.8. The maximum atomic E-state index is 11.6. The van der Waals surface area contributed by atoms with Gasteiger partial charge in [-0.1, -0.05) is 54.6 Å². The zero-order valence-electron chi connectivity index (χ0n) is 21.5. The molecule has 0 radical (unpaired) electrons. The maximum Gasteiger partial charge on any atom is 0.302 e. The largest absolute Gasteiger partial charge is 0.497 e. The Morgan fingerprint density at radius 1 is 0.872 bits per heavy atom. The van der Waals surface area contributed by atoms with E-state index >= 15 is 0 Å². The molecule has 0 aliphatic carbocycles.